The molecule has 0 amide bonds. The molecule has 4 nitrogen and oxygen atoms in total. The van der Waals surface area contributed by atoms with Gasteiger partial charge in [0.2, 0.25) is 10.0 Å². The van der Waals surface area contributed by atoms with Crippen molar-refractivity contribution >= 4 is 10.0 Å². The van der Waals surface area contributed by atoms with E-state index in [9.17, 15) is 8.42 Å². The highest BCUT2D eigenvalue weighted by Crippen LogP contribution is 2.16. The Labute approximate surface area is 99.7 Å². The van der Waals surface area contributed by atoms with Gasteiger partial charge >= 0.3 is 0 Å². The molecule has 1 rings (SSSR count). The average Bonchev–Trinajstić information content (AvgIpc) is 2.14. The predicted molar refractivity (Wildman–Crippen MR) is 66.9 cm³/mol. The van der Waals surface area contributed by atoms with E-state index in [2.05, 4.69) is 25.7 Å². The van der Waals surface area contributed by atoms with Crippen LogP contribution < -0.4 is 0 Å². The fraction of sp³-hybridized carbons (Fsp3) is 1.00. The largest absolute Gasteiger partial charge is 0.300 e. The van der Waals surface area contributed by atoms with Crippen molar-refractivity contribution in [2.24, 2.45) is 5.92 Å². The number of nitrogens with zero attached hydrogens (tertiary/aromatic N) is 2. The second kappa shape index (κ2) is 5.47. The van der Waals surface area contributed by atoms with E-state index in [4.69, 9.17) is 0 Å². The van der Waals surface area contributed by atoms with Crippen molar-refractivity contribution in [1.29, 1.82) is 0 Å². The van der Waals surface area contributed by atoms with Gasteiger partial charge in [0.15, 0.2) is 0 Å². The lowest BCUT2D eigenvalue weighted by atomic mass is 10.1. The Morgan fingerprint density at radius 1 is 1.31 bits per heavy atom. The standard InChI is InChI=1S/C11H24N2O2S/c1-5-11-9-12(8-10(2)3)6-7-13(11)16(4,14)15/h10-11H,5-9H2,1-4H3/t11-/m0/s1. The maximum Gasteiger partial charge on any atom is 0.211 e. The lowest BCUT2D eigenvalue weighted by Gasteiger charge is -2.40. The summed E-state index contributed by atoms with van der Waals surface area (Å²) in [7, 11) is -3.03. The van der Waals surface area contributed by atoms with Crippen LogP contribution in [0, 0.1) is 5.92 Å². The quantitative estimate of drug-likeness (QED) is 0.745. The second-order valence-corrected chi connectivity index (χ2v) is 7.02. The summed E-state index contributed by atoms with van der Waals surface area (Å²) >= 11 is 0. The zero-order chi connectivity index (χ0) is 12.3. The fourth-order valence-corrected chi connectivity index (χ4v) is 3.53. The maximum absolute atomic E-state index is 11.6. The Morgan fingerprint density at radius 3 is 2.38 bits per heavy atom. The van der Waals surface area contributed by atoms with Gasteiger partial charge in [-0.1, -0.05) is 20.8 Å². The molecule has 0 aliphatic carbocycles. The molecular formula is C11H24N2O2S. The molecule has 0 unspecified atom stereocenters. The topological polar surface area (TPSA) is 40.6 Å². The number of sulfonamides is 1. The third-order valence-electron chi connectivity index (χ3n) is 3.03. The van der Waals surface area contributed by atoms with Crippen molar-refractivity contribution in [3.8, 4) is 0 Å². The summed E-state index contributed by atoms with van der Waals surface area (Å²) in [5.74, 6) is 0.641. The lowest BCUT2D eigenvalue weighted by molar-refractivity contribution is 0.122. The summed E-state index contributed by atoms with van der Waals surface area (Å²) in [4.78, 5) is 2.38. The Kier molecular flexibility index (Phi) is 4.76. The van der Waals surface area contributed by atoms with Crippen LogP contribution in [0.1, 0.15) is 27.2 Å². The van der Waals surface area contributed by atoms with Gasteiger partial charge in [-0.3, -0.25) is 0 Å². The molecular weight excluding hydrogens is 224 g/mol. The number of piperazine rings is 1. The minimum atomic E-state index is -3.03. The molecule has 0 saturated carbocycles. The molecule has 1 aliphatic heterocycles. The van der Waals surface area contributed by atoms with Crippen LogP contribution >= 0.6 is 0 Å². The van der Waals surface area contributed by atoms with E-state index in [0.717, 1.165) is 26.1 Å². The van der Waals surface area contributed by atoms with Crippen molar-refractivity contribution in [3.05, 3.63) is 0 Å². The Morgan fingerprint density at radius 2 is 1.94 bits per heavy atom. The van der Waals surface area contributed by atoms with E-state index in [1.165, 1.54) is 6.26 Å². The van der Waals surface area contributed by atoms with Gasteiger partial charge in [-0.05, 0) is 12.3 Å². The van der Waals surface area contributed by atoms with Crippen molar-refractivity contribution in [3.63, 3.8) is 0 Å². The van der Waals surface area contributed by atoms with E-state index in [1.807, 2.05) is 0 Å². The summed E-state index contributed by atoms with van der Waals surface area (Å²) in [5.41, 5.74) is 0. The highest BCUT2D eigenvalue weighted by molar-refractivity contribution is 7.88. The second-order valence-electron chi connectivity index (χ2n) is 5.09. The van der Waals surface area contributed by atoms with Crippen LogP contribution in [0.5, 0.6) is 0 Å². The maximum atomic E-state index is 11.6. The van der Waals surface area contributed by atoms with Gasteiger partial charge in [-0.15, -0.1) is 0 Å². The molecule has 0 aromatic carbocycles. The molecule has 0 N–H and O–H groups in total. The van der Waals surface area contributed by atoms with E-state index in [-0.39, 0.29) is 6.04 Å². The van der Waals surface area contributed by atoms with Gasteiger partial charge < -0.3 is 4.90 Å². The molecule has 96 valence electrons. The third kappa shape index (κ3) is 3.71. The van der Waals surface area contributed by atoms with Gasteiger partial charge in [0, 0.05) is 32.2 Å². The molecule has 16 heavy (non-hydrogen) atoms. The van der Waals surface area contributed by atoms with Crippen LogP contribution in [-0.2, 0) is 10.0 Å². The normalized spacial score (nSPS) is 25.2. The summed E-state index contributed by atoms with van der Waals surface area (Å²) in [5, 5.41) is 0. The smallest absolute Gasteiger partial charge is 0.211 e. The molecule has 0 aromatic rings. The predicted octanol–water partition coefficient (Wildman–Crippen LogP) is 0.998. The van der Waals surface area contributed by atoms with Gasteiger partial charge in [-0.2, -0.15) is 4.31 Å². The number of hydrogen-bond acceptors (Lipinski definition) is 3. The van der Waals surface area contributed by atoms with Crippen molar-refractivity contribution in [2.45, 2.75) is 33.2 Å². The molecule has 0 bridgehead atoms. The summed E-state index contributed by atoms with van der Waals surface area (Å²) in [6.07, 6.45) is 2.20. The van der Waals surface area contributed by atoms with Crippen LogP contribution in [0.4, 0.5) is 0 Å². The first-order valence-corrected chi connectivity index (χ1v) is 7.88. The Balaban J connectivity index is 2.64. The highest BCUT2D eigenvalue weighted by Gasteiger charge is 2.31. The molecule has 1 heterocycles. The van der Waals surface area contributed by atoms with Crippen LogP contribution in [-0.4, -0.2) is 56.1 Å². The molecule has 5 heteroatoms. The van der Waals surface area contributed by atoms with Crippen LogP contribution in [0.25, 0.3) is 0 Å². The monoisotopic (exact) mass is 248 g/mol. The van der Waals surface area contributed by atoms with Crippen molar-refractivity contribution < 1.29 is 8.42 Å². The molecule has 0 aromatic heterocycles. The third-order valence-corrected chi connectivity index (χ3v) is 4.37. The summed E-state index contributed by atoms with van der Waals surface area (Å²) in [6.45, 7) is 9.90. The zero-order valence-corrected chi connectivity index (χ0v) is 11.6. The highest BCUT2D eigenvalue weighted by atomic mass is 32.2. The lowest BCUT2D eigenvalue weighted by Crippen LogP contribution is -2.55. The first-order valence-electron chi connectivity index (χ1n) is 6.03. The number of hydrogen-bond donors (Lipinski definition) is 0. The van der Waals surface area contributed by atoms with Crippen molar-refractivity contribution in [1.82, 2.24) is 9.21 Å². The Bertz CT molecular complexity index is 314. The summed E-state index contributed by atoms with van der Waals surface area (Å²) < 4.78 is 24.8. The van der Waals surface area contributed by atoms with Gasteiger partial charge in [0.05, 0.1) is 6.26 Å². The van der Waals surface area contributed by atoms with E-state index >= 15 is 0 Å². The SMILES string of the molecule is CC[C@H]1CN(CC(C)C)CCN1S(C)(=O)=O. The fourth-order valence-electron chi connectivity index (χ4n) is 2.35. The molecule has 1 aliphatic rings. The van der Waals surface area contributed by atoms with Gasteiger partial charge in [0.1, 0.15) is 0 Å². The van der Waals surface area contributed by atoms with Gasteiger partial charge in [0.25, 0.3) is 0 Å². The first-order chi connectivity index (χ1) is 7.34. The van der Waals surface area contributed by atoms with E-state index in [1.54, 1.807) is 4.31 Å². The van der Waals surface area contributed by atoms with E-state index in [0.29, 0.717) is 12.5 Å². The molecule has 1 saturated heterocycles. The minimum Gasteiger partial charge on any atom is -0.300 e. The van der Waals surface area contributed by atoms with E-state index < -0.39 is 10.0 Å². The minimum absolute atomic E-state index is 0.155. The molecule has 0 spiro atoms. The average molecular weight is 248 g/mol. The molecule has 1 fully saturated rings. The van der Waals surface area contributed by atoms with Crippen molar-refractivity contribution in [2.75, 3.05) is 32.4 Å². The zero-order valence-electron chi connectivity index (χ0n) is 10.8. The van der Waals surface area contributed by atoms with Crippen LogP contribution in [0.2, 0.25) is 0 Å². The molecule has 1 atom stereocenters. The van der Waals surface area contributed by atoms with Gasteiger partial charge in [-0.25, -0.2) is 8.42 Å². The van der Waals surface area contributed by atoms with Crippen LogP contribution in [0.3, 0.4) is 0 Å². The number of rotatable bonds is 4. The molecule has 0 radical (unpaired) electrons. The summed E-state index contributed by atoms with van der Waals surface area (Å²) in [6, 6.07) is 0.155. The van der Waals surface area contributed by atoms with Crippen LogP contribution in [0.15, 0.2) is 0 Å². The first kappa shape index (κ1) is 13.9. The Hall–Kier alpha value is -0.130.